The Morgan fingerprint density at radius 1 is 1.30 bits per heavy atom. The summed E-state index contributed by atoms with van der Waals surface area (Å²) in [6.07, 6.45) is -1.68. The highest BCUT2D eigenvalue weighted by Gasteiger charge is 2.37. The zero-order valence-corrected chi connectivity index (χ0v) is 17.5. The second-order valence-electron chi connectivity index (χ2n) is 7.81. The molecule has 2 unspecified atom stereocenters. The summed E-state index contributed by atoms with van der Waals surface area (Å²) in [4.78, 5) is 0. The van der Waals surface area contributed by atoms with E-state index in [4.69, 9.17) is 0 Å². The average molecular weight is 469 g/mol. The molecule has 2 atom stereocenters. The summed E-state index contributed by atoms with van der Waals surface area (Å²) in [5.41, 5.74) is 0.704. The number of nitrogens with zero attached hydrogens (tertiary/aromatic N) is 1. The molecule has 3 nitrogen and oxygen atoms in total. The van der Waals surface area contributed by atoms with E-state index >= 15 is 0 Å². The summed E-state index contributed by atoms with van der Waals surface area (Å²) in [6.45, 7) is 5.03. The molecule has 0 aliphatic heterocycles. The Balaban J connectivity index is 2.09. The fourth-order valence-electron chi connectivity index (χ4n) is 3.11. The normalized spacial score (nSPS) is 22.9. The molecule has 1 fully saturated rings. The van der Waals surface area contributed by atoms with Crippen molar-refractivity contribution in [1.82, 2.24) is 9.29 Å². The lowest BCUT2D eigenvalue weighted by molar-refractivity contribution is 0.108. The van der Waals surface area contributed by atoms with Gasteiger partial charge in [-0.05, 0) is 61.7 Å². The van der Waals surface area contributed by atoms with Crippen LogP contribution in [0.2, 0.25) is 0 Å². The van der Waals surface area contributed by atoms with Crippen LogP contribution in [0.25, 0.3) is 10.9 Å². The third-order valence-corrected chi connectivity index (χ3v) is 6.92. The van der Waals surface area contributed by atoms with Crippen molar-refractivity contribution in [2.45, 2.75) is 63.0 Å². The number of alkyl halides is 3. The molecule has 1 aromatic carbocycles. The minimum atomic E-state index is -2.85. The van der Waals surface area contributed by atoms with E-state index in [-0.39, 0.29) is 16.1 Å². The molecule has 9 heteroatoms. The SMILES string of the molecule is CC(C)(C)[S+]([O-])NC(c1cn(C2CC(F)C2)c2cc(Br)c(F)cc12)C(F)F. The Kier molecular flexibility index (Phi) is 5.88. The monoisotopic (exact) mass is 468 g/mol. The summed E-state index contributed by atoms with van der Waals surface area (Å²) >= 11 is 1.38. The van der Waals surface area contributed by atoms with Crippen LogP contribution in [0, 0.1) is 5.82 Å². The molecule has 1 N–H and O–H groups in total. The molecule has 1 aliphatic carbocycles. The molecule has 0 saturated heterocycles. The van der Waals surface area contributed by atoms with E-state index in [0.29, 0.717) is 23.7 Å². The first-order valence-corrected chi connectivity index (χ1v) is 10.5. The lowest BCUT2D eigenvalue weighted by Crippen LogP contribution is -2.43. The van der Waals surface area contributed by atoms with Gasteiger partial charge < -0.3 is 9.12 Å². The van der Waals surface area contributed by atoms with Gasteiger partial charge in [-0.15, -0.1) is 4.72 Å². The number of hydrogen-bond acceptors (Lipinski definition) is 2. The predicted molar refractivity (Wildman–Crippen MR) is 103 cm³/mol. The molecular formula is C18H21BrF4N2OS. The van der Waals surface area contributed by atoms with E-state index in [1.807, 2.05) is 0 Å². The number of rotatable bonds is 5. The van der Waals surface area contributed by atoms with Crippen LogP contribution in [0.3, 0.4) is 0 Å². The molecule has 27 heavy (non-hydrogen) atoms. The van der Waals surface area contributed by atoms with Crippen molar-refractivity contribution < 1.29 is 22.1 Å². The van der Waals surface area contributed by atoms with Gasteiger partial charge in [0.15, 0.2) is 0 Å². The first-order valence-electron chi connectivity index (χ1n) is 8.58. The Morgan fingerprint density at radius 3 is 2.44 bits per heavy atom. The lowest BCUT2D eigenvalue weighted by atomic mass is 9.90. The number of aromatic nitrogens is 1. The standard InChI is InChI=1S/C18H21BrF4N2OS/c1-18(2,3)27(26)24-16(17(22)23)12-8-25(10-4-9(20)5-10)15-7-13(19)14(21)6-11(12)15/h6-10,16-17,24H,4-5H2,1-3H3. The van der Waals surface area contributed by atoms with Crippen LogP contribution in [0.1, 0.15) is 51.3 Å². The van der Waals surface area contributed by atoms with Gasteiger partial charge in [0.1, 0.15) is 22.8 Å². The van der Waals surface area contributed by atoms with Crippen molar-refractivity contribution in [2.24, 2.45) is 0 Å². The second kappa shape index (κ2) is 7.57. The third kappa shape index (κ3) is 4.16. The fraction of sp³-hybridized carbons (Fsp3) is 0.556. The fourth-order valence-corrected chi connectivity index (χ4v) is 4.26. The van der Waals surface area contributed by atoms with Crippen molar-refractivity contribution in [1.29, 1.82) is 0 Å². The first-order chi connectivity index (χ1) is 12.5. The van der Waals surface area contributed by atoms with Crippen molar-refractivity contribution in [2.75, 3.05) is 0 Å². The van der Waals surface area contributed by atoms with Crippen molar-refractivity contribution >= 4 is 38.2 Å². The van der Waals surface area contributed by atoms with Gasteiger partial charge in [-0.25, -0.2) is 17.6 Å². The minimum absolute atomic E-state index is 0.159. The largest absolute Gasteiger partial charge is 0.598 e. The summed E-state index contributed by atoms with van der Waals surface area (Å²) in [5.74, 6) is -0.580. The number of nitrogens with one attached hydrogen (secondary N) is 1. The average Bonchev–Trinajstić information content (AvgIpc) is 2.86. The van der Waals surface area contributed by atoms with E-state index < -0.39 is 40.6 Å². The molecule has 1 aliphatic rings. The highest BCUT2D eigenvalue weighted by molar-refractivity contribution is 9.10. The van der Waals surface area contributed by atoms with Crippen LogP contribution < -0.4 is 4.72 Å². The van der Waals surface area contributed by atoms with Crippen molar-refractivity contribution in [3.8, 4) is 0 Å². The van der Waals surface area contributed by atoms with E-state index in [9.17, 15) is 22.1 Å². The topological polar surface area (TPSA) is 40.0 Å². The van der Waals surface area contributed by atoms with Crippen LogP contribution >= 0.6 is 15.9 Å². The predicted octanol–water partition coefficient (Wildman–Crippen LogP) is 5.57. The van der Waals surface area contributed by atoms with Crippen LogP contribution in [-0.2, 0) is 11.4 Å². The number of benzene rings is 1. The van der Waals surface area contributed by atoms with Gasteiger partial charge in [-0.3, -0.25) is 0 Å². The highest BCUT2D eigenvalue weighted by Crippen LogP contribution is 2.41. The smallest absolute Gasteiger partial charge is 0.262 e. The molecule has 0 spiro atoms. The van der Waals surface area contributed by atoms with E-state index in [1.165, 1.54) is 18.3 Å². The molecule has 1 aromatic heterocycles. The van der Waals surface area contributed by atoms with Crippen LogP contribution in [-0.4, -0.2) is 26.5 Å². The van der Waals surface area contributed by atoms with Gasteiger partial charge in [0.05, 0.1) is 4.47 Å². The molecule has 0 radical (unpaired) electrons. The van der Waals surface area contributed by atoms with Crippen LogP contribution in [0.5, 0.6) is 0 Å². The first kappa shape index (κ1) is 21.0. The maximum atomic E-state index is 14.1. The lowest BCUT2D eigenvalue weighted by Gasteiger charge is -2.31. The van der Waals surface area contributed by atoms with Crippen LogP contribution in [0.4, 0.5) is 17.6 Å². The highest BCUT2D eigenvalue weighted by atomic mass is 79.9. The van der Waals surface area contributed by atoms with E-state index in [1.54, 1.807) is 25.3 Å². The zero-order valence-electron chi connectivity index (χ0n) is 15.1. The van der Waals surface area contributed by atoms with Gasteiger partial charge in [0, 0.05) is 40.1 Å². The second-order valence-corrected chi connectivity index (χ2v) is 10.7. The number of halogens is 5. The van der Waals surface area contributed by atoms with Gasteiger partial charge in [-0.2, -0.15) is 0 Å². The maximum Gasteiger partial charge on any atom is 0.262 e. The van der Waals surface area contributed by atoms with E-state index in [2.05, 4.69) is 20.7 Å². The molecule has 0 amide bonds. The molecule has 1 heterocycles. The molecule has 0 bridgehead atoms. The Labute approximate surface area is 166 Å². The summed E-state index contributed by atoms with van der Waals surface area (Å²) < 4.78 is 71.2. The molecule has 3 rings (SSSR count). The molecular weight excluding hydrogens is 448 g/mol. The minimum Gasteiger partial charge on any atom is -0.598 e. The van der Waals surface area contributed by atoms with Gasteiger partial charge in [0.25, 0.3) is 6.43 Å². The number of fused-ring (bicyclic) bond motifs is 1. The zero-order chi connectivity index (χ0) is 20.1. The maximum absolute atomic E-state index is 14.1. The Bertz CT molecular complexity index is 833. The van der Waals surface area contributed by atoms with Crippen LogP contribution in [0.15, 0.2) is 22.8 Å². The molecule has 150 valence electrons. The van der Waals surface area contributed by atoms with Crippen molar-refractivity contribution in [3.05, 3.63) is 34.2 Å². The summed E-state index contributed by atoms with van der Waals surface area (Å²) in [7, 11) is 0. The summed E-state index contributed by atoms with van der Waals surface area (Å²) in [5, 5.41) is 0.307. The van der Waals surface area contributed by atoms with Gasteiger partial charge >= 0.3 is 0 Å². The molecule has 1 saturated carbocycles. The number of hydrogen-bond donors (Lipinski definition) is 1. The van der Waals surface area contributed by atoms with E-state index in [0.717, 1.165) is 0 Å². The summed E-state index contributed by atoms with van der Waals surface area (Å²) in [6, 6.07) is 1.01. The van der Waals surface area contributed by atoms with Crippen molar-refractivity contribution in [3.63, 3.8) is 0 Å². The Morgan fingerprint density at radius 2 is 1.93 bits per heavy atom. The van der Waals surface area contributed by atoms with Gasteiger partial charge in [-0.1, -0.05) is 0 Å². The third-order valence-electron chi connectivity index (χ3n) is 4.73. The Hall–Kier alpha value is -0.770. The quantitative estimate of drug-likeness (QED) is 0.459. The molecule has 2 aromatic rings. The van der Waals surface area contributed by atoms with Gasteiger partial charge in [0.2, 0.25) is 0 Å².